The van der Waals surface area contributed by atoms with Gasteiger partial charge in [0.2, 0.25) is 5.91 Å². The Kier molecular flexibility index (Phi) is 6.48. The number of ether oxygens (including phenoxy) is 2. The van der Waals surface area contributed by atoms with Crippen LogP contribution in [0.1, 0.15) is 0 Å². The van der Waals surface area contributed by atoms with E-state index in [4.69, 9.17) is 9.47 Å². The van der Waals surface area contributed by atoms with Crippen LogP contribution in [0.15, 0.2) is 24.3 Å². The summed E-state index contributed by atoms with van der Waals surface area (Å²) in [5, 5.41) is 2.85. The molecule has 1 heterocycles. The molecule has 0 atom stereocenters. The number of methoxy groups -OCH3 is 2. The second kappa shape index (κ2) is 8.60. The Morgan fingerprint density at radius 2 is 1.91 bits per heavy atom. The maximum Gasteiger partial charge on any atom is 0.234 e. The van der Waals surface area contributed by atoms with Crippen LogP contribution in [-0.2, 0) is 9.53 Å². The first kappa shape index (κ1) is 16.6. The summed E-state index contributed by atoms with van der Waals surface area (Å²) in [7, 11) is 3.32. The van der Waals surface area contributed by atoms with E-state index in [9.17, 15) is 4.79 Å². The van der Waals surface area contributed by atoms with Crippen LogP contribution in [0.5, 0.6) is 5.75 Å². The molecule has 1 fully saturated rings. The molecular weight excluding hydrogens is 282 g/mol. The van der Waals surface area contributed by atoms with Gasteiger partial charge >= 0.3 is 0 Å². The molecule has 1 aliphatic heterocycles. The highest BCUT2D eigenvalue weighted by Gasteiger charge is 2.20. The monoisotopic (exact) mass is 307 g/mol. The molecule has 6 nitrogen and oxygen atoms in total. The molecule has 1 amide bonds. The van der Waals surface area contributed by atoms with E-state index < -0.39 is 0 Å². The number of hydrogen-bond donors (Lipinski definition) is 1. The highest BCUT2D eigenvalue weighted by molar-refractivity contribution is 5.78. The normalized spacial score (nSPS) is 15.6. The van der Waals surface area contributed by atoms with Crippen LogP contribution >= 0.6 is 0 Å². The van der Waals surface area contributed by atoms with Gasteiger partial charge in [-0.2, -0.15) is 0 Å². The summed E-state index contributed by atoms with van der Waals surface area (Å²) in [5.74, 6) is 0.955. The van der Waals surface area contributed by atoms with Gasteiger partial charge in [0.15, 0.2) is 0 Å². The lowest BCUT2D eigenvalue weighted by Crippen LogP contribution is -2.49. The zero-order chi connectivity index (χ0) is 15.8. The van der Waals surface area contributed by atoms with Crippen LogP contribution in [0.2, 0.25) is 0 Å². The zero-order valence-corrected chi connectivity index (χ0v) is 13.4. The van der Waals surface area contributed by atoms with Gasteiger partial charge in [0.05, 0.1) is 25.9 Å². The van der Waals surface area contributed by atoms with Crippen LogP contribution < -0.4 is 15.0 Å². The highest BCUT2D eigenvalue weighted by Crippen LogP contribution is 2.28. The molecule has 0 spiro atoms. The van der Waals surface area contributed by atoms with Crippen LogP contribution in [0.4, 0.5) is 5.69 Å². The van der Waals surface area contributed by atoms with Crippen molar-refractivity contribution >= 4 is 11.6 Å². The molecular formula is C16H25N3O3. The largest absolute Gasteiger partial charge is 0.495 e. The molecule has 0 unspecified atom stereocenters. The maximum absolute atomic E-state index is 11.8. The molecule has 22 heavy (non-hydrogen) atoms. The van der Waals surface area contributed by atoms with Gasteiger partial charge in [-0.25, -0.2) is 0 Å². The third kappa shape index (κ3) is 4.61. The van der Waals surface area contributed by atoms with Gasteiger partial charge in [0.1, 0.15) is 5.75 Å². The minimum absolute atomic E-state index is 0.0581. The fourth-order valence-corrected chi connectivity index (χ4v) is 2.59. The van der Waals surface area contributed by atoms with Crippen molar-refractivity contribution in [2.45, 2.75) is 0 Å². The summed E-state index contributed by atoms with van der Waals surface area (Å²) in [6.07, 6.45) is 0. The molecule has 122 valence electrons. The van der Waals surface area contributed by atoms with Crippen molar-refractivity contribution < 1.29 is 14.3 Å². The molecule has 1 aromatic carbocycles. The minimum atomic E-state index is 0.0581. The molecule has 1 aromatic rings. The Bertz CT molecular complexity index is 473. The summed E-state index contributed by atoms with van der Waals surface area (Å²) in [6, 6.07) is 8.05. The third-order valence-electron chi connectivity index (χ3n) is 3.79. The van der Waals surface area contributed by atoms with E-state index in [-0.39, 0.29) is 5.91 Å². The average molecular weight is 307 g/mol. The van der Waals surface area contributed by atoms with E-state index in [0.29, 0.717) is 19.7 Å². The van der Waals surface area contributed by atoms with Crippen LogP contribution in [0, 0.1) is 0 Å². The van der Waals surface area contributed by atoms with Gasteiger partial charge in [-0.15, -0.1) is 0 Å². The molecule has 1 aliphatic rings. The molecule has 2 rings (SSSR count). The quantitative estimate of drug-likeness (QED) is 0.747. The number of piperazine rings is 1. The zero-order valence-electron chi connectivity index (χ0n) is 13.4. The van der Waals surface area contributed by atoms with Gasteiger partial charge in [-0.3, -0.25) is 9.69 Å². The lowest BCUT2D eigenvalue weighted by atomic mass is 10.2. The van der Waals surface area contributed by atoms with Gasteiger partial charge in [-0.05, 0) is 12.1 Å². The number of anilines is 1. The fourth-order valence-electron chi connectivity index (χ4n) is 2.59. The second-order valence-electron chi connectivity index (χ2n) is 5.28. The van der Waals surface area contributed by atoms with E-state index in [1.165, 1.54) is 0 Å². The molecule has 6 heteroatoms. The number of nitrogens with zero attached hydrogens (tertiary/aromatic N) is 2. The van der Waals surface area contributed by atoms with Crippen molar-refractivity contribution in [3.63, 3.8) is 0 Å². The van der Waals surface area contributed by atoms with Gasteiger partial charge < -0.3 is 19.7 Å². The Morgan fingerprint density at radius 1 is 1.18 bits per heavy atom. The first-order chi connectivity index (χ1) is 10.7. The maximum atomic E-state index is 11.8. The number of carbonyl (C=O) groups excluding carboxylic acids is 1. The highest BCUT2D eigenvalue weighted by atomic mass is 16.5. The first-order valence-corrected chi connectivity index (χ1v) is 7.60. The lowest BCUT2D eigenvalue weighted by Gasteiger charge is -2.36. The molecule has 0 aliphatic carbocycles. The van der Waals surface area contributed by atoms with Crippen LogP contribution in [0.25, 0.3) is 0 Å². The van der Waals surface area contributed by atoms with E-state index >= 15 is 0 Å². The predicted octanol–water partition coefficient (Wildman–Crippen LogP) is 0.580. The number of benzene rings is 1. The molecule has 1 saturated heterocycles. The first-order valence-electron chi connectivity index (χ1n) is 7.60. The molecule has 0 saturated carbocycles. The van der Waals surface area contributed by atoms with Crippen molar-refractivity contribution in [3.8, 4) is 5.75 Å². The Morgan fingerprint density at radius 3 is 2.59 bits per heavy atom. The number of hydrogen-bond acceptors (Lipinski definition) is 5. The van der Waals surface area contributed by atoms with Crippen molar-refractivity contribution in [2.75, 3.05) is 65.0 Å². The smallest absolute Gasteiger partial charge is 0.234 e. The number of carbonyl (C=O) groups is 1. The van der Waals surface area contributed by atoms with E-state index in [1.54, 1.807) is 14.2 Å². The number of nitrogens with one attached hydrogen (secondary N) is 1. The summed E-state index contributed by atoms with van der Waals surface area (Å²) in [4.78, 5) is 16.3. The van der Waals surface area contributed by atoms with Crippen molar-refractivity contribution in [1.29, 1.82) is 0 Å². The predicted molar refractivity (Wildman–Crippen MR) is 86.5 cm³/mol. The molecule has 1 N–H and O–H groups in total. The van der Waals surface area contributed by atoms with Crippen molar-refractivity contribution in [1.82, 2.24) is 10.2 Å². The summed E-state index contributed by atoms with van der Waals surface area (Å²) >= 11 is 0. The fraction of sp³-hybridized carbons (Fsp3) is 0.562. The second-order valence-corrected chi connectivity index (χ2v) is 5.28. The van der Waals surface area contributed by atoms with E-state index in [2.05, 4.69) is 21.2 Å². The third-order valence-corrected chi connectivity index (χ3v) is 3.79. The van der Waals surface area contributed by atoms with Gasteiger partial charge in [0.25, 0.3) is 0 Å². The molecule has 0 bridgehead atoms. The SMILES string of the molecule is COCCNC(=O)CN1CCN(c2ccccc2OC)CC1. The van der Waals surface area contributed by atoms with E-state index in [0.717, 1.165) is 37.6 Å². The Labute approximate surface area is 132 Å². The van der Waals surface area contributed by atoms with Crippen molar-refractivity contribution in [2.24, 2.45) is 0 Å². The van der Waals surface area contributed by atoms with Crippen LogP contribution in [0.3, 0.4) is 0 Å². The average Bonchev–Trinajstić information content (AvgIpc) is 2.56. The topological polar surface area (TPSA) is 54.0 Å². The number of rotatable bonds is 7. The van der Waals surface area contributed by atoms with E-state index in [1.807, 2.05) is 18.2 Å². The lowest BCUT2D eigenvalue weighted by molar-refractivity contribution is -0.122. The van der Waals surface area contributed by atoms with Crippen molar-refractivity contribution in [3.05, 3.63) is 24.3 Å². The summed E-state index contributed by atoms with van der Waals surface area (Å²) in [6.45, 7) is 5.09. The number of para-hydroxylation sites is 2. The minimum Gasteiger partial charge on any atom is -0.495 e. The van der Waals surface area contributed by atoms with Gasteiger partial charge in [0, 0.05) is 39.8 Å². The Hall–Kier alpha value is -1.79. The molecule has 0 radical (unpaired) electrons. The summed E-state index contributed by atoms with van der Waals surface area (Å²) < 4.78 is 10.3. The standard InChI is InChI=1S/C16H25N3O3/c1-21-12-7-17-16(20)13-18-8-10-19(11-9-18)14-5-3-4-6-15(14)22-2/h3-6H,7-13H2,1-2H3,(H,17,20). The number of amides is 1. The summed E-state index contributed by atoms with van der Waals surface area (Å²) in [5.41, 5.74) is 1.12. The van der Waals surface area contributed by atoms with Gasteiger partial charge in [-0.1, -0.05) is 12.1 Å². The molecule has 0 aromatic heterocycles. The van der Waals surface area contributed by atoms with Crippen LogP contribution in [-0.4, -0.2) is 70.9 Å². The Balaban J connectivity index is 1.79.